The fourth-order valence-electron chi connectivity index (χ4n) is 1.42. The van der Waals surface area contributed by atoms with Gasteiger partial charge >= 0.3 is 5.97 Å². The lowest BCUT2D eigenvalue weighted by molar-refractivity contribution is -0.131. The Hall–Kier alpha value is -2.31. The average Bonchev–Trinajstić information content (AvgIpc) is 2.33. The van der Waals surface area contributed by atoms with Crippen molar-refractivity contribution in [1.82, 2.24) is 0 Å². The molecule has 1 aromatic rings. The lowest BCUT2D eigenvalue weighted by Gasteiger charge is -2.19. The number of Topliss-reactive ketones (excluding diaryl/α,β-unsaturated/α-hetero) is 1. The molecule has 0 aliphatic carbocycles. The summed E-state index contributed by atoms with van der Waals surface area (Å²) >= 11 is 0. The maximum atomic E-state index is 13.6. The molecule has 0 amide bonds. The van der Waals surface area contributed by atoms with Gasteiger partial charge in [0.05, 0.1) is 5.56 Å². The molecule has 1 heterocycles. The summed E-state index contributed by atoms with van der Waals surface area (Å²) in [6.45, 7) is 0.257. The van der Waals surface area contributed by atoms with Crippen LogP contribution in [0.2, 0.25) is 0 Å². The molecule has 0 radical (unpaired) electrons. The molecule has 1 aromatic carbocycles. The van der Waals surface area contributed by atoms with E-state index in [1.165, 1.54) is 0 Å². The number of carboxylic acids is 1. The lowest BCUT2D eigenvalue weighted by Crippen LogP contribution is -2.19. The molecule has 0 bridgehead atoms. The van der Waals surface area contributed by atoms with Gasteiger partial charge in [-0.25, -0.2) is 4.79 Å². The standard InChI is InChI=1S/C10H7FO6/c11-6-7(12)4(8(13)10(14)15)3-5-9(6)17-2-1-16-5/h3,12H,1-2H2,(H,14,15). The van der Waals surface area contributed by atoms with Gasteiger partial charge < -0.3 is 19.7 Å². The van der Waals surface area contributed by atoms with Crippen LogP contribution in [0.1, 0.15) is 10.4 Å². The van der Waals surface area contributed by atoms with E-state index in [1.807, 2.05) is 0 Å². The van der Waals surface area contributed by atoms with Crippen molar-refractivity contribution in [3.05, 3.63) is 17.4 Å². The maximum absolute atomic E-state index is 13.6. The second-order valence-corrected chi connectivity index (χ2v) is 3.25. The smallest absolute Gasteiger partial charge is 0.377 e. The number of aliphatic carboxylic acids is 1. The monoisotopic (exact) mass is 242 g/mol. The minimum atomic E-state index is -1.80. The number of hydrogen-bond donors (Lipinski definition) is 2. The number of aromatic hydroxyl groups is 1. The van der Waals surface area contributed by atoms with Crippen LogP contribution in [-0.4, -0.2) is 35.2 Å². The molecule has 2 rings (SSSR count). The van der Waals surface area contributed by atoms with Crippen LogP contribution in [0.3, 0.4) is 0 Å². The number of carbonyl (C=O) groups is 2. The highest BCUT2D eigenvalue weighted by Crippen LogP contribution is 2.40. The van der Waals surface area contributed by atoms with E-state index in [2.05, 4.69) is 0 Å². The number of hydrogen-bond acceptors (Lipinski definition) is 5. The van der Waals surface area contributed by atoms with E-state index in [0.717, 1.165) is 6.07 Å². The molecule has 0 unspecified atom stereocenters. The molecule has 0 saturated heterocycles. The summed E-state index contributed by atoms with van der Waals surface area (Å²) in [6.07, 6.45) is 0. The van der Waals surface area contributed by atoms with Crippen LogP contribution in [-0.2, 0) is 4.79 Å². The second-order valence-electron chi connectivity index (χ2n) is 3.25. The maximum Gasteiger partial charge on any atom is 0.377 e. The molecule has 7 heteroatoms. The largest absolute Gasteiger partial charge is 0.504 e. The topological polar surface area (TPSA) is 93.1 Å². The van der Waals surface area contributed by atoms with E-state index in [4.69, 9.17) is 14.6 Å². The number of carbonyl (C=O) groups excluding carboxylic acids is 1. The normalized spacial score (nSPS) is 13.2. The van der Waals surface area contributed by atoms with Crippen LogP contribution in [0.4, 0.5) is 4.39 Å². The fourth-order valence-corrected chi connectivity index (χ4v) is 1.42. The zero-order valence-electron chi connectivity index (χ0n) is 8.40. The first-order valence-electron chi connectivity index (χ1n) is 4.61. The SMILES string of the molecule is O=C(O)C(=O)c1cc2c(c(F)c1O)OCCO2. The Bertz CT molecular complexity index is 510. The summed E-state index contributed by atoms with van der Waals surface area (Å²) in [6, 6.07) is 0.948. The first kappa shape index (κ1) is 11.2. The zero-order valence-corrected chi connectivity index (χ0v) is 8.40. The molecule has 6 nitrogen and oxygen atoms in total. The molecule has 1 aliphatic heterocycles. The fraction of sp³-hybridized carbons (Fsp3) is 0.200. The van der Waals surface area contributed by atoms with E-state index >= 15 is 0 Å². The Kier molecular flexibility index (Phi) is 2.58. The second kappa shape index (κ2) is 3.93. The Morgan fingerprint density at radius 2 is 1.94 bits per heavy atom. The quantitative estimate of drug-likeness (QED) is 0.581. The summed E-state index contributed by atoms with van der Waals surface area (Å²) < 4.78 is 23.5. The molecule has 0 atom stereocenters. The number of ether oxygens (including phenoxy) is 2. The summed E-state index contributed by atoms with van der Waals surface area (Å²) in [4.78, 5) is 21.7. The van der Waals surface area contributed by atoms with E-state index < -0.39 is 28.9 Å². The molecule has 0 spiro atoms. The van der Waals surface area contributed by atoms with Gasteiger partial charge in [0.2, 0.25) is 11.6 Å². The summed E-state index contributed by atoms with van der Waals surface area (Å²) in [5.74, 6) is -5.89. The third-order valence-corrected chi connectivity index (χ3v) is 2.19. The van der Waals surface area contributed by atoms with Crippen LogP contribution in [0.5, 0.6) is 17.2 Å². The van der Waals surface area contributed by atoms with Gasteiger partial charge in [-0.1, -0.05) is 0 Å². The van der Waals surface area contributed by atoms with Gasteiger partial charge in [0.1, 0.15) is 13.2 Å². The van der Waals surface area contributed by atoms with E-state index in [1.54, 1.807) is 0 Å². The van der Waals surface area contributed by atoms with Crippen molar-refractivity contribution in [3.8, 4) is 17.2 Å². The van der Waals surface area contributed by atoms with Crippen LogP contribution in [0.15, 0.2) is 6.07 Å². The summed E-state index contributed by atoms with van der Waals surface area (Å²) in [7, 11) is 0. The van der Waals surface area contributed by atoms with Gasteiger partial charge in [0.15, 0.2) is 11.5 Å². The van der Waals surface area contributed by atoms with Crippen LogP contribution < -0.4 is 9.47 Å². The number of fused-ring (bicyclic) bond motifs is 1. The van der Waals surface area contributed by atoms with Gasteiger partial charge in [0, 0.05) is 0 Å². The molecule has 0 fully saturated rings. The Morgan fingerprint density at radius 1 is 1.29 bits per heavy atom. The Balaban J connectivity index is 2.59. The first-order valence-corrected chi connectivity index (χ1v) is 4.61. The molecule has 2 N–H and O–H groups in total. The minimum Gasteiger partial charge on any atom is -0.504 e. The van der Waals surface area contributed by atoms with Crippen molar-refractivity contribution in [3.63, 3.8) is 0 Å². The van der Waals surface area contributed by atoms with Crippen molar-refractivity contribution < 1.29 is 33.7 Å². The Morgan fingerprint density at radius 3 is 2.59 bits per heavy atom. The van der Waals surface area contributed by atoms with Crippen LogP contribution in [0, 0.1) is 5.82 Å². The number of ketones is 1. The molecular weight excluding hydrogens is 235 g/mol. The molecule has 90 valence electrons. The minimum absolute atomic E-state index is 0.101. The van der Waals surface area contributed by atoms with Crippen molar-refractivity contribution >= 4 is 11.8 Å². The van der Waals surface area contributed by atoms with Crippen LogP contribution in [0.25, 0.3) is 0 Å². The van der Waals surface area contributed by atoms with Crippen molar-refractivity contribution in [2.75, 3.05) is 13.2 Å². The highest BCUT2D eigenvalue weighted by molar-refractivity contribution is 6.40. The molecule has 17 heavy (non-hydrogen) atoms. The predicted molar refractivity (Wildman–Crippen MR) is 51.0 cm³/mol. The highest BCUT2D eigenvalue weighted by atomic mass is 19.1. The third-order valence-electron chi connectivity index (χ3n) is 2.19. The summed E-state index contributed by atoms with van der Waals surface area (Å²) in [5.41, 5.74) is -0.667. The zero-order chi connectivity index (χ0) is 12.6. The van der Waals surface area contributed by atoms with E-state index in [0.29, 0.717) is 0 Å². The van der Waals surface area contributed by atoms with Gasteiger partial charge in [-0.3, -0.25) is 4.79 Å². The van der Waals surface area contributed by atoms with Gasteiger partial charge in [0.25, 0.3) is 5.78 Å². The highest BCUT2D eigenvalue weighted by Gasteiger charge is 2.28. The first-order chi connectivity index (χ1) is 8.02. The van der Waals surface area contributed by atoms with Crippen molar-refractivity contribution in [2.24, 2.45) is 0 Å². The number of rotatable bonds is 2. The Labute approximate surface area is 94.2 Å². The lowest BCUT2D eigenvalue weighted by atomic mass is 10.1. The molecular formula is C10H7FO6. The van der Waals surface area contributed by atoms with E-state index in [9.17, 15) is 19.1 Å². The van der Waals surface area contributed by atoms with Gasteiger partial charge in [-0.05, 0) is 6.07 Å². The number of halogens is 1. The molecule has 1 aliphatic rings. The summed E-state index contributed by atoms with van der Waals surface area (Å²) in [5, 5.41) is 17.9. The predicted octanol–water partition coefficient (Wildman–Crippen LogP) is 0.570. The van der Waals surface area contributed by atoms with Crippen LogP contribution >= 0.6 is 0 Å². The number of phenolic OH excluding ortho intramolecular Hbond substituents is 1. The van der Waals surface area contributed by atoms with E-state index in [-0.39, 0.29) is 24.7 Å². The molecule has 0 saturated carbocycles. The molecule has 0 aromatic heterocycles. The van der Waals surface area contributed by atoms with Gasteiger partial charge in [-0.2, -0.15) is 4.39 Å². The average molecular weight is 242 g/mol. The van der Waals surface area contributed by atoms with Crippen molar-refractivity contribution in [2.45, 2.75) is 0 Å². The number of benzene rings is 1. The van der Waals surface area contributed by atoms with Gasteiger partial charge in [-0.15, -0.1) is 0 Å². The van der Waals surface area contributed by atoms with Crippen molar-refractivity contribution in [1.29, 1.82) is 0 Å². The third kappa shape index (κ3) is 1.75. The number of carboxylic acid groups (broad SMARTS) is 1. The number of phenols is 1.